The summed E-state index contributed by atoms with van der Waals surface area (Å²) in [5.41, 5.74) is 3.63. The average molecular weight is 429 g/mol. The van der Waals surface area contributed by atoms with E-state index in [0.717, 1.165) is 24.9 Å². The minimum Gasteiger partial charge on any atom is -0.373 e. The van der Waals surface area contributed by atoms with Crippen molar-refractivity contribution in [2.75, 3.05) is 18.4 Å². The molecule has 2 unspecified atom stereocenters. The number of hydrogen-bond donors (Lipinski definition) is 1. The summed E-state index contributed by atoms with van der Waals surface area (Å²) in [6.45, 7) is 4.34. The highest BCUT2D eigenvalue weighted by molar-refractivity contribution is 7.89. The number of fused-ring (bicyclic) bond motifs is 1. The highest BCUT2D eigenvalue weighted by Gasteiger charge is 2.32. The largest absolute Gasteiger partial charge is 0.373 e. The van der Waals surface area contributed by atoms with E-state index in [1.54, 1.807) is 18.2 Å². The molecule has 2 aromatic rings. The van der Waals surface area contributed by atoms with Crippen LogP contribution >= 0.6 is 0 Å². The molecule has 0 spiro atoms. The van der Waals surface area contributed by atoms with Gasteiger partial charge in [-0.05, 0) is 74.9 Å². The summed E-state index contributed by atoms with van der Waals surface area (Å²) in [5.74, 6) is -0.297. The fourth-order valence-electron chi connectivity index (χ4n) is 4.37. The van der Waals surface area contributed by atoms with Crippen LogP contribution < -0.4 is 5.32 Å². The van der Waals surface area contributed by atoms with Crippen LogP contribution in [-0.2, 0) is 27.6 Å². The predicted octanol–water partition coefficient (Wildman–Crippen LogP) is 3.62. The van der Waals surface area contributed by atoms with Crippen molar-refractivity contribution in [2.45, 2.75) is 56.6 Å². The van der Waals surface area contributed by atoms with Gasteiger partial charge in [0, 0.05) is 24.3 Å². The average Bonchev–Trinajstić information content (AvgIpc) is 2.73. The van der Waals surface area contributed by atoms with Crippen molar-refractivity contribution in [3.63, 3.8) is 0 Å². The molecule has 1 saturated heterocycles. The second-order valence-corrected chi connectivity index (χ2v) is 10.1. The fourth-order valence-corrected chi connectivity index (χ4v) is 6.00. The van der Waals surface area contributed by atoms with Gasteiger partial charge in [0.15, 0.2) is 0 Å². The zero-order valence-electron chi connectivity index (χ0n) is 17.4. The molecule has 0 aromatic heterocycles. The molecule has 2 aromatic carbocycles. The summed E-state index contributed by atoms with van der Waals surface area (Å²) >= 11 is 0. The maximum absolute atomic E-state index is 13.1. The number of carbonyl (C=O) groups excluding carboxylic acids is 1. The predicted molar refractivity (Wildman–Crippen MR) is 116 cm³/mol. The van der Waals surface area contributed by atoms with Crippen molar-refractivity contribution in [2.24, 2.45) is 0 Å². The van der Waals surface area contributed by atoms with Crippen molar-refractivity contribution >= 4 is 21.6 Å². The number of anilines is 1. The highest BCUT2D eigenvalue weighted by atomic mass is 32.2. The molecule has 1 heterocycles. The van der Waals surface area contributed by atoms with E-state index < -0.39 is 10.0 Å². The molecule has 1 aliphatic carbocycles. The van der Waals surface area contributed by atoms with E-state index >= 15 is 0 Å². The first-order chi connectivity index (χ1) is 14.3. The van der Waals surface area contributed by atoms with Crippen LogP contribution in [0.15, 0.2) is 47.4 Å². The lowest BCUT2D eigenvalue weighted by atomic mass is 9.90. The van der Waals surface area contributed by atoms with Crippen LogP contribution in [0, 0.1) is 0 Å². The summed E-state index contributed by atoms with van der Waals surface area (Å²) in [6, 6.07) is 12.3. The summed E-state index contributed by atoms with van der Waals surface area (Å²) < 4.78 is 33.4. The number of aryl methyl sites for hydroxylation is 1. The molecule has 2 atom stereocenters. The van der Waals surface area contributed by atoms with Gasteiger partial charge < -0.3 is 10.1 Å². The Balaban J connectivity index is 1.57. The van der Waals surface area contributed by atoms with E-state index in [2.05, 4.69) is 11.4 Å². The Morgan fingerprint density at radius 3 is 2.50 bits per heavy atom. The van der Waals surface area contributed by atoms with E-state index in [-0.39, 0.29) is 23.0 Å². The number of morpholine rings is 1. The third-order valence-corrected chi connectivity index (χ3v) is 7.59. The van der Waals surface area contributed by atoms with Crippen molar-refractivity contribution in [3.05, 3.63) is 59.2 Å². The standard InChI is InChI=1S/C23H28N2O4S/c1-16-14-25(15-17(2)29-16)30(27,28)20-10-5-9-19(13-20)23(26)24-22-12-6-8-18-7-3-4-11-21(18)22/h5-6,8-10,12-13,16-17H,3-4,7,11,14-15H2,1-2H3,(H,24,26). The number of carbonyl (C=O) groups is 1. The smallest absolute Gasteiger partial charge is 0.255 e. The number of sulfonamides is 1. The molecular formula is C23H28N2O4S. The van der Waals surface area contributed by atoms with E-state index in [4.69, 9.17) is 4.74 Å². The Kier molecular flexibility index (Phi) is 5.95. The SMILES string of the molecule is CC1CN(S(=O)(=O)c2cccc(C(=O)Nc3cccc4c3CCCC4)c2)CC(C)O1. The third-order valence-electron chi connectivity index (χ3n) is 5.76. The van der Waals surface area contributed by atoms with Crippen LogP contribution in [0.2, 0.25) is 0 Å². The monoisotopic (exact) mass is 428 g/mol. The van der Waals surface area contributed by atoms with Crippen molar-refractivity contribution in [1.82, 2.24) is 4.31 Å². The van der Waals surface area contributed by atoms with Gasteiger partial charge in [0.1, 0.15) is 0 Å². The molecule has 1 fully saturated rings. The van der Waals surface area contributed by atoms with Crippen LogP contribution in [0.4, 0.5) is 5.69 Å². The summed E-state index contributed by atoms with van der Waals surface area (Å²) in [5, 5.41) is 2.99. The highest BCUT2D eigenvalue weighted by Crippen LogP contribution is 2.28. The quantitative estimate of drug-likeness (QED) is 0.807. The van der Waals surface area contributed by atoms with Gasteiger partial charge in [0.2, 0.25) is 10.0 Å². The minimum atomic E-state index is -3.70. The van der Waals surface area contributed by atoms with Crippen molar-refractivity contribution < 1.29 is 17.9 Å². The van der Waals surface area contributed by atoms with E-state index in [1.165, 1.54) is 27.9 Å². The Labute approximate surface area is 178 Å². The number of benzene rings is 2. The van der Waals surface area contributed by atoms with Crippen molar-refractivity contribution in [3.8, 4) is 0 Å². The van der Waals surface area contributed by atoms with Crippen LogP contribution in [0.1, 0.15) is 48.2 Å². The summed E-state index contributed by atoms with van der Waals surface area (Å²) in [7, 11) is -3.70. The lowest BCUT2D eigenvalue weighted by Gasteiger charge is -2.34. The number of ether oxygens (including phenoxy) is 1. The number of rotatable bonds is 4. The van der Waals surface area contributed by atoms with Gasteiger partial charge in [-0.1, -0.05) is 18.2 Å². The number of amides is 1. The van der Waals surface area contributed by atoms with E-state index in [9.17, 15) is 13.2 Å². The van der Waals surface area contributed by atoms with Crippen LogP contribution in [0.25, 0.3) is 0 Å². The summed E-state index contributed by atoms with van der Waals surface area (Å²) in [4.78, 5) is 13.1. The van der Waals surface area contributed by atoms with Crippen LogP contribution in [0.5, 0.6) is 0 Å². The Morgan fingerprint density at radius 2 is 1.73 bits per heavy atom. The number of nitrogens with one attached hydrogen (secondary N) is 1. The first kappa shape index (κ1) is 21.0. The first-order valence-electron chi connectivity index (χ1n) is 10.5. The molecule has 1 aliphatic heterocycles. The topological polar surface area (TPSA) is 75.7 Å². The summed E-state index contributed by atoms with van der Waals surface area (Å²) in [6.07, 6.45) is 3.93. The molecule has 0 bridgehead atoms. The minimum absolute atomic E-state index is 0.131. The third kappa shape index (κ3) is 4.29. The zero-order chi connectivity index (χ0) is 21.3. The molecule has 2 aliphatic rings. The normalized spacial score (nSPS) is 22.3. The molecule has 1 N–H and O–H groups in total. The zero-order valence-corrected chi connectivity index (χ0v) is 18.2. The van der Waals surface area contributed by atoms with E-state index in [0.29, 0.717) is 18.7 Å². The molecule has 160 valence electrons. The van der Waals surface area contributed by atoms with Gasteiger partial charge in [-0.25, -0.2) is 8.42 Å². The molecule has 30 heavy (non-hydrogen) atoms. The molecule has 1 amide bonds. The Bertz CT molecular complexity index is 1040. The Hall–Kier alpha value is -2.22. The van der Waals surface area contributed by atoms with Crippen LogP contribution in [-0.4, -0.2) is 43.9 Å². The molecule has 0 radical (unpaired) electrons. The van der Waals surface area contributed by atoms with Gasteiger partial charge in [0.05, 0.1) is 17.1 Å². The van der Waals surface area contributed by atoms with Crippen molar-refractivity contribution in [1.29, 1.82) is 0 Å². The maximum atomic E-state index is 13.1. The fraction of sp³-hybridized carbons (Fsp3) is 0.435. The first-order valence-corrected chi connectivity index (χ1v) is 12.0. The molecule has 4 rings (SSSR count). The van der Waals surface area contributed by atoms with Crippen LogP contribution in [0.3, 0.4) is 0 Å². The second kappa shape index (κ2) is 8.49. The molecule has 0 saturated carbocycles. The van der Waals surface area contributed by atoms with Gasteiger partial charge in [-0.3, -0.25) is 4.79 Å². The lowest BCUT2D eigenvalue weighted by Crippen LogP contribution is -2.48. The maximum Gasteiger partial charge on any atom is 0.255 e. The second-order valence-electron chi connectivity index (χ2n) is 8.21. The Morgan fingerprint density at radius 1 is 1.03 bits per heavy atom. The lowest BCUT2D eigenvalue weighted by molar-refractivity contribution is -0.0440. The van der Waals surface area contributed by atoms with Gasteiger partial charge in [-0.2, -0.15) is 4.31 Å². The van der Waals surface area contributed by atoms with E-state index in [1.807, 2.05) is 26.0 Å². The number of hydrogen-bond acceptors (Lipinski definition) is 4. The van der Waals surface area contributed by atoms with Gasteiger partial charge in [-0.15, -0.1) is 0 Å². The van der Waals surface area contributed by atoms with Gasteiger partial charge >= 0.3 is 0 Å². The molecule has 7 heteroatoms. The number of nitrogens with zero attached hydrogens (tertiary/aromatic N) is 1. The molecule has 6 nitrogen and oxygen atoms in total. The molecular weight excluding hydrogens is 400 g/mol. The van der Waals surface area contributed by atoms with Gasteiger partial charge in [0.25, 0.3) is 5.91 Å².